The number of carbonyl (C=O) groups is 2. The third-order valence-corrected chi connectivity index (χ3v) is 6.79. The Kier molecular flexibility index (Phi) is 11.1. The third kappa shape index (κ3) is 8.51. The van der Waals surface area contributed by atoms with E-state index in [1.807, 2.05) is 70.2 Å². The normalized spacial score (nSPS) is 12.8. The Labute approximate surface area is 202 Å². The van der Waals surface area contributed by atoms with Gasteiger partial charge in [0.05, 0.1) is 0 Å². The van der Waals surface area contributed by atoms with Gasteiger partial charge in [0.15, 0.2) is 0 Å². The summed E-state index contributed by atoms with van der Waals surface area (Å²) in [4.78, 5) is 29.1. The summed E-state index contributed by atoms with van der Waals surface area (Å²) in [5, 5.41) is 3.78. The van der Waals surface area contributed by atoms with Crippen molar-refractivity contribution in [3.63, 3.8) is 0 Å². The Morgan fingerprint density at radius 1 is 1.09 bits per heavy atom. The molecule has 0 fully saturated rings. The van der Waals surface area contributed by atoms with Crippen LogP contribution in [-0.4, -0.2) is 34.6 Å². The Balaban J connectivity index is 2.06. The van der Waals surface area contributed by atoms with Crippen LogP contribution in [0, 0.1) is 6.92 Å². The predicted octanol–water partition coefficient (Wildman–Crippen LogP) is 6.24. The number of hydrogen-bond acceptors (Lipinski definition) is 3. The van der Waals surface area contributed by atoms with Gasteiger partial charge >= 0.3 is 0 Å². The summed E-state index contributed by atoms with van der Waals surface area (Å²) >= 11 is 7.66. The molecule has 0 heterocycles. The fourth-order valence-electron chi connectivity index (χ4n) is 3.46. The first-order valence-corrected chi connectivity index (χ1v) is 12.7. The molecule has 0 aromatic heterocycles. The highest BCUT2D eigenvalue weighted by Crippen LogP contribution is 2.22. The van der Waals surface area contributed by atoms with Gasteiger partial charge in [-0.3, -0.25) is 9.59 Å². The molecule has 174 valence electrons. The number of nitrogens with one attached hydrogen (secondary N) is 1. The monoisotopic (exact) mass is 474 g/mol. The maximum atomic E-state index is 13.3. The zero-order valence-electron chi connectivity index (χ0n) is 19.6. The average molecular weight is 475 g/mol. The van der Waals surface area contributed by atoms with E-state index in [4.69, 9.17) is 11.6 Å². The smallest absolute Gasteiger partial charge is 0.243 e. The lowest BCUT2D eigenvalue weighted by Crippen LogP contribution is -2.50. The van der Waals surface area contributed by atoms with Crippen LogP contribution >= 0.6 is 23.4 Å². The molecule has 0 aliphatic carbocycles. The fraction of sp³-hybridized carbons (Fsp3) is 0.462. The van der Waals surface area contributed by atoms with Gasteiger partial charge in [-0.2, -0.15) is 0 Å². The Morgan fingerprint density at radius 3 is 2.44 bits per heavy atom. The molecular weight excluding hydrogens is 440 g/mol. The Bertz CT molecular complexity index is 872. The van der Waals surface area contributed by atoms with Crippen LogP contribution < -0.4 is 5.32 Å². The molecule has 2 rings (SSSR count). The molecule has 1 N–H and O–H groups in total. The molecule has 2 atom stereocenters. The number of hydrogen-bond donors (Lipinski definition) is 1. The second-order valence-corrected chi connectivity index (χ2v) is 9.76. The molecule has 2 amide bonds. The summed E-state index contributed by atoms with van der Waals surface area (Å²) in [6.45, 7) is 8.48. The molecule has 0 saturated carbocycles. The number of rotatable bonds is 12. The largest absolute Gasteiger partial charge is 0.352 e. The van der Waals surface area contributed by atoms with Crippen molar-refractivity contribution in [3.05, 3.63) is 64.7 Å². The minimum Gasteiger partial charge on any atom is -0.352 e. The van der Waals surface area contributed by atoms with Crippen molar-refractivity contribution in [2.75, 3.05) is 5.75 Å². The molecule has 0 aliphatic rings. The predicted molar refractivity (Wildman–Crippen MR) is 135 cm³/mol. The van der Waals surface area contributed by atoms with Gasteiger partial charge in [0, 0.05) is 28.9 Å². The van der Waals surface area contributed by atoms with E-state index in [0.717, 1.165) is 39.6 Å². The number of carbonyl (C=O) groups excluding carboxylic acids is 2. The highest BCUT2D eigenvalue weighted by atomic mass is 35.5. The molecule has 2 aromatic carbocycles. The van der Waals surface area contributed by atoms with Gasteiger partial charge in [-0.1, -0.05) is 55.3 Å². The van der Waals surface area contributed by atoms with Crippen molar-refractivity contribution in [3.8, 4) is 0 Å². The van der Waals surface area contributed by atoms with E-state index in [0.29, 0.717) is 19.4 Å². The third-order valence-electron chi connectivity index (χ3n) is 5.44. The molecule has 6 heteroatoms. The summed E-state index contributed by atoms with van der Waals surface area (Å²) in [6, 6.07) is 15.5. The molecule has 0 bridgehead atoms. The van der Waals surface area contributed by atoms with Crippen LogP contribution in [0.2, 0.25) is 5.02 Å². The minimum absolute atomic E-state index is 0.0226. The number of amides is 2. The summed E-state index contributed by atoms with van der Waals surface area (Å²) in [6.07, 6.45) is 2.61. The van der Waals surface area contributed by atoms with Gasteiger partial charge in [0.25, 0.3) is 0 Å². The molecule has 0 saturated heterocycles. The number of halogens is 1. The van der Waals surface area contributed by atoms with E-state index in [9.17, 15) is 9.59 Å². The maximum Gasteiger partial charge on any atom is 0.243 e. The van der Waals surface area contributed by atoms with E-state index in [1.54, 1.807) is 16.7 Å². The van der Waals surface area contributed by atoms with Crippen LogP contribution in [0.25, 0.3) is 0 Å². The average Bonchev–Trinajstić information content (AvgIpc) is 2.77. The minimum atomic E-state index is -0.471. The molecule has 2 aromatic rings. The van der Waals surface area contributed by atoms with Crippen LogP contribution in [0.15, 0.2) is 53.4 Å². The summed E-state index contributed by atoms with van der Waals surface area (Å²) in [7, 11) is 0. The van der Waals surface area contributed by atoms with Crippen LogP contribution in [0.4, 0.5) is 0 Å². The van der Waals surface area contributed by atoms with Crippen molar-refractivity contribution in [1.82, 2.24) is 10.2 Å². The first kappa shape index (κ1) is 26.3. The molecule has 0 radical (unpaired) electrons. The maximum absolute atomic E-state index is 13.3. The van der Waals surface area contributed by atoms with E-state index < -0.39 is 6.04 Å². The van der Waals surface area contributed by atoms with Gasteiger partial charge in [0.1, 0.15) is 6.04 Å². The van der Waals surface area contributed by atoms with E-state index in [2.05, 4.69) is 11.4 Å². The van der Waals surface area contributed by atoms with Gasteiger partial charge in [0.2, 0.25) is 11.8 Å². The quantitative estimate of drug-likeness (QED) is 0.292. The second kappa shape index (κ2) is 13.5. The van der Waals surface area contributed by atoms with Gasteiger partial charge < -0.3 is 10.2 Å². The van der Waals surface area contributed by atoms with E-state index >= 15 is 0 Å². The lowest BCUT2D eigenvalue weighted by atomic mass is 10.1. The van der Waals surface area contributed by atoms with Crippen LogP contribution in [0.1, 0.15) is 57.6 Å². The lowest BCUT2D eigenvalue weighted by molar-refractivity contribution is -0.141. The SMILES string of the molecule is CC[C@@H](C)NC(=O)[C@H](CC)N(Cc1cccc(C)c1)C(=O)CCCSc1ccc(Cl)cc1. The standard InChI is InChI=1S/C26H35ClN2O2S/c1-5-20(4)28-26(31)24(6-2)29(18-21-10-7-9-19(3)17-21)25(30)11-8-16-32-23-14-12-22(27)13-15-23/h7,9-10,12-15,17,20,24H,5-6,8,11,16,18H2,1-4H3,(H,28,31)/t20-,24+/m1/s1. The number of thioether (sulfide) groups is 1. The van der Waals surface area contributed by atoms with Crippen LogP contribution in [0.3, 0.4) is 0 Å². The van der Waals surface area contributed by atoms with Crippen molar-refractivity contribution in [2.45, 2.75) is 76.9 Å². The fourth-order valence-corrected chi connectivity index (χ4v) is 4.43. The summed E-state index contributed by atoms with van der Waals surface area (Å²) < 4.78 is 0. The molecule has 0 aliphatic heterocycles. The van der Waals surface area contributed by atoms with Gasteiger partial charge in [-0.05, 0) is 68.7 Å². The number of benzene rings is 2. The molecule has 32 heavy (non-hydrogen) atoms. The Morgan fingerprint density at radius 2 is 1.81 bits per heavy atom. The number of aryl methyl sites for hydroxylation is 1. The molecular formula is C26H35ClN2O2S. The highest BCUT2D eigenvalue weighted by Gasteiger charge is 2.28. The van der Waals surface area contributed by atoms with Crippen molar-refractivity contribution in [2.24, 2.45) is 0 Å². The summed E-state index contributed by atoms with van der Waals surface area (Å²) in [5.41, 5.74) is 2.19. The Hall–Kier alpha value is -1.98. The van der Waals surface area contributed by atoms with Crippen LogP contribution in [0.5, 0.6) is 0 Å². The van der Waals surface area contributed by atoms with Crippen molar-refractivity contribution in [1.29, 1.82) is 0 Å². The first-order valence-electron chi connectivity index (χ1n) is 11.4. The number of nitrogens with zero attached hydrogens (tertiary/aromatic N) is 1. The molecule has 0 spiro atoms. The van der Waals surface area contributed by atoms with E-state index in [-0.39, 0.29) is 17.9 Å². The second-order valence-electron chi connectivity index (χ2n) is 8.16. The highest BCUT2D eigenvalue weighted by molar-refractivity contribution is 7.99. The topological polar surface area (TPSA) is 49.4 Å². The van der Waals surface area contributed by atoms with Gasteiger partial charge in [-0.15, -0.1) is 11.8 Å². The zero-order valence-corrected chi connectivity index (χ0v) is 21.1. The van der Waals surface area contributed by atoms with E-state index in [1.165, 1.54) is 0 Å². The van der Waals surface area contributed by atoms with Crippen molar-refractivity contribution >= 4 is 35.2 Å². The van der Waals surface area contributed by atoms with Crippen molar-refractivity contribution < 1.29 is 9.59 Å². The molecule has 0 unspecified atom stereocenters. The van der Waals surface area contributed by atoms with Crippen LogP contribution in [-0.2, 0) is 16.1 Å². The zero-order chi connectivity index (χ0) is 23.5. The lowest BCUT2D eigenvalue weighted by Gasteiger charge is -2.31. The summed E-state index contributed by atoms with van der Waals surface area (Å²) in [5.74, 6) is 0.786. The first-order chi connectivity index (χ1) is 15.3. The molecule has 4 nitrogen and oxygen atoms in total. The van der Waals surface area contributed by atoms with Gasteiger partial charge in [-0.25, -0.2) is 0 Å².